The van der Waals surface area contributed by atoms with Gasteiger partial charge in [-0.1, -0.05) is 0 Å². The molecule has 0 spiro atoms. The minimum atomic E-state index is -1.18. The molecule has 0 unspecified atom stereocenters. The molecule has 0 saturated heterocycles. The van der Waals surface area contributed by atoms with Gasteiger partial charge in [0.2, 0.25) is 11.6 Å². The lowest BCUT2D eigenvalue weighted by Gasteiger charge is -2.12. The smallest absolute Gasteiger partial charge is 0.344 e. The summed E-state index contributed by atoms with van der Waals surface area (Å²) in [5, 5.41) is 20.3. The molecule has 0 bridgehead atoms. The molecule has 10 heteroatoms. The molecule has 0 atom stereocenters. The Labute approximate surface area is 159 Å². The molecule has 0 saturated carbocycles. The molecular weight excluding hydrogens is 375 g/mol. The first-order chi connectivity index (χ1) is 13.4. The summed E-state index contributed by atoms with van der Waals surface area (Å²) >= 11 is 0. The Kier molecular flexibility index (Phi) is 6.70. The van der Waals surface area contributed by atoms with Crippen molar-refractivity contribution in [2.24, 2.45) is 0 Å². The molecule has 2 aromatic rings. The van der Waals surface area contributed by atoms with Gasteiger partial charge < -0.3 is 18.9 Å². The third-order valence-electron chi connectivity index (χ3n) is 3.35. The number of nitriles is 1. The Morgan fingerprint density at radius 1 is 1.29 bits per heavy atom. The highest BCUT2D eigenvalue weighted by Crippen LogP contribution is 2.39. The molecule has 0 amide bonds. The normalized spacial score (nSPS) is 9.93. The van der Waals surface area contributed by atoms with Crippen LogP contribution < -0.4 is 14.2 Å². The summed E-state index contributed by atoms with van der Waals surface area (Å²) in [5.74, 6) is -2.89. The first kappa shape index (κ1) is 20.4. The average molecular weight is 390 g/mol. The minimum absolute atomic E-state index is 0.0551. The molecule has 146 valence electrons. The molecule has 2 aromatic carbocycles. The summed E-state index contributed by atoms with van der Waals surface area (Å²) in [5.41, 5.74) is -0.519. The third kappa shape index (κ3) is 4.85. The van der Waals surface area contributed by atoms with Crippen LogP contribution in [0.4, 0.5) is 10.1 Å². The van der Waals surface area contributed by atoms with Gasteiger partial charge in [0, 0.05) is 12.1 Å². The van der Waals surface area contributed by atoms with Crippen LogP contribution in [0.25, 0.3) is 0 Å². The van der Waals surface area contributed by atoms with E-state index < -0.39 is 40.5 Å². The Hall–Kier alpha value is -3.87. The Morgan fingerprint density at radius 2 is 2.00 bits per heavy atom. The van der Waals surface area contributed by atoms with Crippen molar-refractivity contribution in [1.29, 1.82) is 5.26 Å². The fraction of sp³-hybridized carbons (Fsp3) is 0.222. The number of esters is 1. The molecule has 0 heterocycles. The van der Waals surface area contributed by atoms with Crippen LogP contribution in [0.15, 0.2) is 30.3 Å². The quantitative estimate of drug-likeness (QED) is 0.382. The Bertz CT molecular complexity index is 940. The van der Waals surface area contributed by atoms with Crippen LogP contribution in [0, 0.1) is 27.3 Å². The van der Waals surface area contributed by atoms with Crippen molar-refractivity contribution >= 4 is 11.7 Å². The first-order valence-corrected chi connectivity index (χ1v) is 7.92. The van der Waals surface area contributed by atoms with Crippen LogP contribution in [0.2, 0.25) is 0 Å². The van der Waals surface area contributed by atoms with Gasteiger partial charge in [-0.3, -0.25) is 10.1 Å². The Balaban J connectivity index is 2.41. The lowest BCUT2D eigenvalue weighted by molar-refractivity contribution is -0.385. The van der Waals surface area contributed by atoms with Crippen molar-refractivity contribution in [3.63, 3.8) is 0 Å². The number of methoxy groups -OCH3 is 1. The second kappa shape index (κ2) is 9.18. The van der Waals surface area contributed by atoms with Gasteiger partial charge in [-0.05, 0) is 25.1 Å². The van der Waals surface area contributed by atoms with Crippen LogP contribution >= 0.6 is 0 Å². The molecule has 0 N–H and O–H groups in total. The van der Waals surface area contributed by atoms with E-state index in [9.17, 15) is 19.3 Å². The molecule has 0 radical (unpaired) electrons. The van der Waals surface area contributed by atoms with Gasteiger partial charge in [0.25, 0.3) is 0 Å². The summed E-state index contributed by atoms with van der Waals surface area (Å²) in [6.07, 6.45) is 0. The van der Waals surface area contributed by atoms with Gasteiger partial charge in [-0.15, -0.1) is 0 Å². The number of nitro benzene ring substituents is 1. The van der Waals surface area contributed by atoms with Gasteiger partial charge in [0.1, 0.15) is 11.5 Å². The van der Waals surface area contributed by atoms with Crippen LogP contribution in [-0.4, -0.2) is 31.2 Å². The van der Waals surface area contributed by atoms with E-state index in [0.717, 1.165) is 12.1 Å². The highest BCUT2D eigenvalue weighted by Gasteiger charge is 2.25. The largest absolute Gasteiger partial charge is 0.497 e. The topological polar surface area (TPSA) is 121 Å². The Morgan fingerprint density at radius 3 is 2.61 bits per heavy atom. The van der Waals surface area contributed by atoms with Gasteiger partial charge >= 0.3 is 11.7 Å². The van der Waals surface area contributed by atoms with Gasteiger partial charge in [0.15, 0.2) is 12.4 Å². The second-order valence-corrected chi connectivity index (χ2v) is 5.19. The number of halogens is 1. The van der Waals surface area contributed by atoms with E-state index >= 15 is 0 Å². The summed E-state index contributed by atoms with van der Waals surface area (Å²) in [6, 6.07) is 7.86. The predicted octanol–water partition coefficient (Wildman–Crippen LogP) is 3.35. The lowest BCUT2D eigenvalue weighted by Crippen LogP contribution is -2.15. The zero-order valence-electron chi connectivity index (χ0n) is 14.9. The molecule has 0 aromatic heterocycles. The van der Waals surface area contributed by atoms with Gasteiger partial charge in [-0.25, -0.2) is 4.79 Å². The number of hydrogen-bond acceptors (Lipinski definition) is 8. The van der Waals surface area contributed by atoms with Crippen LogP contribution in [0.1, 0.15) is 12.5 Å². The number of carbonyl (C=O) groups is 1. The van der Waals surface area contributed by atoms with E-state index in [1.165, 1.54) is 25.3 Å². The maximum absolute atomic E-state index is 14.8. The van der Waals surface area contributed by atoms with E-state index in [1.807, 2.05) is 6.07 Å². The van der Waals surface area contributed by atoms with Gasteiger partial charge in [-0.2, -0.15) is 9.65 Å². The molecule has 0 aliphatic carbocycles. The molecule has 28 heavy (non-hydrogen) atoms. The summed E-state index contributed by atoms with van der Waals surface area (Å²) in [6.45, 7) is 1.13. The highest BCUT2D eigenvalue weighted by molar-refractivity contribution is 5.71. The number of benzene rings is 2. The van der Waals surface area contributed by atoms with Gasteiger partial charge in [0.05, 0.1) is 30.3 Å². The lowest BCUT2D eigenvalue weighted by atomic mass is 10.2. The van der Waals surface area contributed by atoms with Crippen LogP contribution in [0.5, 0.6) is 23.0 Å². The van der Waals surface area contributed by atoms with E-state index in [0.29, 0.717) is 0 Å². The number of ether oxygens (including phenoxy) is 4. The number of nitrogens with zero attached hydrogens (tertiary/aromatic N) is 2. The third-order valence-corrected chi connectivity index (χ3v) is 3.35. The highest BCUT2D eigenvalue weighted by atomic mass is 19.1. The fourth-order valence-electron chi connectivity index (χ4n) is 2.15. The summed E-state index contributed by atoms with van der Waals surface area (Å²) in [4.78, 5) is 21.8. The summed E-state index contributed by atoms with van der Waals surface area (Å²) < 4.78 is 34.8. The first-order valence-electron chi connectivity index (χ1n) is 7.92. The molecular formula is C18H15FN2O7. The maximum atomic E-state index is 14.8. The zero-order chi connectivity index (χ0) is 20.7. The second-order valence-electron chi connectivity index (χ2n) is 5.19. The van der Waals surface area contributed by atoms with Crippen LogP contribution in [0.3, 0.4) is 0 Å². The van der Waals surface area contributed by atoms with Crippen molar-refractivity contribution in [1.82, 2.24) is 0 Å². The zero-order valence-corrected chi connectivity index (χ0v) is 14.9. The van der Waals surface area contributed by atoms with Crippen LogP contribution in [-0.2, 0) is 9.53 Å². The van der Waals surface area contributed by atoms with E-state index in [-0.39, 0.29) is 23.7 Å². The SMILES string of the molecule is CCOC(=O)COc1ccc([N+](=O)[O-])c(Oc2cc(C#N)cc(OC)c2)c1F. The minimum Gasteiger partial charge on any atom is -0.497 e. The summed E-state index contributed by atoms with van der Waals surface area (Å²) in [7, 11) is 1.35. The van der Waals surface area contributed by atoms with Crippen molar-refractivity contribution < 1.29 is 33.1 Å². The van der Waals surface area contributed by atoms with Crippen molar-refractivity contribution in [3.8, 4) is 29.1 Å². The maximum Gasteiger partial charge on any atom is 0.344 e. The molecule has 0 fully saturated rings. The monoisotopic (exact) mass is 390 g/mol. The molecule has 0 aliphatic heterocycles. The van der Waals surface area contributed by atoms with E-state index in [4.69, 9.17) is 19.5 Å². The average Bonchev–Trinajstić information content (AvgIpc) is 2.68. The van der Waals surface area contributed by atoms with E-state index in [2.05, 4.69) is 4.74 Å². The van der Waals surface area contributed by atoms with Crippen molar-refractivity contribution in [3.05, 3.63) is 51.8 Å². The van der Waals surface area contributed by atoms with Crippen molar-refractivity contribution in [2.45, 2.75) is 6.92 Å². The molecule has 2 rings (SSSR count). The predicted molar refractivity (Wildman–Crippen MR) is 93.0 cm³/mol. The number of rotatable bonds is 8. The fourth-order valence-corrected chi connectivity index (χ4v) is 2.15. The molecule has 9 nitrogen and oxygen atoms in total. The number of hydrogen-bond donors (Lipinski definition) is 0. The standard InChI is InChI=1S/C18H15FN2O7/c1-3-26-16(22)10-27-15-5-4-14(21(23)24)18(17(15)19)28-13-7-11(9-20)6-12(8-13)25-2/h4-8H,3,10H2,1-2H3. The molecule has 0 aliphatic rings. The van der Waals surface area contributed by atoms with E-state index in [1.54, 1.807) is 6.92 Å². The number of carbonyl (C=O) groups excluding carboxylic acids is 1. The number of nitro groups is 1. The van der Waals surface area contributed by atoms with Crippen molar-refractivity contribution in [2.75, 3.05) is 20.3 Å².